The molecule has 1 heterocycles. The Morgan fingerprint density at radius 3 is 2.67 bits per heavy atom. The summed E-state index contributed by atoms with van der Waals surface area (Å²) in [6.07, 6.45) is 1.10. The van der Waals surface area contributed by atoms with Crippen LogP contribution in [0.2, 0.25) is 0 Å². The standard InChI is InChI=1S/C15H19N3O2S/c1-3-21-10(2)15(20)16-12-6-4-11(5-7-12)13-8-9-14(19)18-17-13/h4-7,10H,3,8-9H2,1-2H3,(H,16,20)(H,18,19). The van der Waals surface area contributed by atoms with Crippen LogP contribution in [0.4, 0.5) is 5.69 Å². The van der Waals surface area contributed by atoms with Crippen molar-refractivity contribution in [1.82, 2.24) is 5.43 Å². The van der Waals surface area contributed by atoms with Gasteiger partial charge in [-0.25, -0.2) is 5.43 Å². The number of amides is 2. The fraction of sp³-hybridized carbons (Fsp3) is 0.400. The predicted molar refractivity (Wildman–Crippen MR) is 86.6 cm³/mol. The van der Waals surface area contributed by atoms with E-state index < -0.39 is 0 Å². The Kier molecular flexibility index (Phi) is 5.38. The molecule has 2 rings (SSSR count). The van der Waals surface area contributed by atoms with Crippen molar-refractivity contribution in [3.05, 3.63) is 29.8 Å². The van der Waals surface area contributed by atoms with Gasteiger partial charge in [-0.05, 0) is 30.4 Å². The van der Waals surface area contributed by atoms with E-state index in [9.17, 15) is 9.59 Å². The first-order valence-corrected chi connectivity index (χ1v) is 8.03. The Bertz CT molecular complexity index is 555. The van der Waals surface area contributed by atoms with Gasteiger partial charge in [-0.3, -0.25) is 9.59 Å². The van der Waals surface area contributed by atoms with Gasteiger partial charge in [0, 0.05) is 18.5 Å². The summed E-state index contributed by atoms with van der Waals surface area (Å²) in [6.45, 7) is 3.93. The fourth-order valence-corrected chi connectivity index (χ4v) is 2.71. The number of carbonyl (C=O) groups excluding carboxylic acids is 2. The number of hydrogen-bond donors (Lipinski definition) is 2. The highest BCUT2D eigenvalue weighted by Gasteiger charge is 2.14. The van der Waals surface area contributed by atoms with E-state index in [2.05, 4.69) is 15.8 Å². The van der Waals surface area contributed by atoms with Gasteiger partial charge in [-0.1, -0.05) is 19.1 Å². The molecule has 0 aliphatic carbocycles. The van der Waals surface area contributed by atoms with Crippen LogP contribution in [0.1, 0.15) is 32.3 Å². The lowest BCUT2D eigenvalue weighted by Crippen LogP contribution is -2.26. The van der Waals surface area contributed by atoms with Crippen LogP contribution in [0, 0.1) is 0 Å². The minimum atomic E-state index is -0.0624. The monoisotopic (exact) mass is 305 g/mol. The zero-order chi connectivity index (χ0) is 15.2. The first-order chi connectivity index (χ1) is 10.1. The third-order valence-corrected chi connectivity index (χ3v) is 4.22. The van der Waals surface area contributed by atoms with Crippen LogP contribution in [0.25, 0.3) is 0 Å². The van der Waals surface area contributed by atoms with Gasteiger partial charge in [-0.2, -0.15) is 5.10 Å². The number of nitrogens with zero attached hydrogens (tertiary/aromatic N) is 1. The molecule has 0 saturated carbocycles. The van der Waals surface area contributed by atoms with Crippen LogP contribution in [0.5, 0.6) is 0 Å². The first kappa shape index (κ1) is 15.6. The third-order valence-electron chi connectivity index (χ3n) is 3.18. The van der Waals surface area contributed by atoms with Crippen molar-refractivity contribution in [3.63, 3.8) is 0 Å². The van der Waals surface area contributed by atoms with Gasteiger partial charge in [0.15, 0.2) is 0 Å². The van der Waals surface area contributed by atoms with E-state index in [0.717, 1.165) is 22.7 Å². The highest BCUT2D eigenvalue weighted by Crippen LogP contribution is 2.16. The fourth-order valence-electron chi connectivity index (χ4n) is 2.00. The molecular weight excluding hydrogens is 286 g/mol. The van der Waals surface area contributed by atoms with Crippen molar-refractivity contribution in [2.45, 2.75) is 31.9 Å². The lowest BCUT2D eigenvalue weighted by atomic mass is 10.0. The van der Waals surface area contributed by atoms with Gasteiger partial charge in [0.1, 0.15) is 0 Å². The van der Waals surface area contributed by atoms with Crippen molar-refractivity contribution in [2.24, 2.45) is 5.10 Å². The van der Waals surface area contributed by atoms with Crippen molar-refractivity contribution >= 4 is 35.0 Å². The van der Waals surface area contributed by atoms with Crippen LogP contribution in [-0.4, -0.2) is 28.5 Å². The molecule has 112 valence electrons. The van der Waals surface area contributed by atoms with Crippen LogP contribution < -0.4 is 10.7 Å². The SMILES string of the molecule is CCSC(C)C(=O)Nc1ccc(C2=NNC(=O)CC2)cc1. The Balaban J connectivity index is 1.99. The zero-order valence-corrected chi connectivity index (χ0v) is 13.0. The summed E-state index contributed by atoms with van der Waals surface area (Å²) in [4.78, 5) is 23.0. The molecule has 0 radical (unpaired) electrons. The number of anilines is 1. The largest absolute Gasteiger partial charge is 0.325 e. The maximum Gasteiger partial charge on any atom is 0.240 e. The zero-order valence-electron chi connectivity index (χ0n) is 12.2. The normalized spacial score (nSPS) is 15.9. The predicted octanol–water partition coefficient (Wildman–Crippen LogP) is 2.38. The maximum atomic E-state index is 11.9. The van der Waals surface area contributed by atoms with Crippen LogP contribution in [0.3, 0.4) is 0 Å². The average molecular weight is 305 g/mol. The van der Waals surface area contributed by atoms with Crippen molar-refractivity contribution in [1.29, 1.82) is 0 Å². The molecule has 0 aromatic heterocycles. The minimum Gasteiger partial charge on any atom is -0.325 e. The first-order valence-electron chi connectivity index (χ1n) is 6.98. The highest BCUT2D eigenvalue weighted by atomic mass is 32.2. The Morgan fingerprint density at radius 1 is 1.38 bits per heavy atom. The van der Waals surface area contributed by atoms with Crippen molar-refractivity contribution in [3.8, 4) is 0 Å². The Hall–Kier alpha value is -1.82. The second kappa shape index (κ2) is 7.26. The van der Waals surface area contributed by atoms with Crippen molar-refractivity contribution in [2.75, 3.05) is 11.1 Å². The van der Waals surface area contributed by atoms with Gasteiger partial charge in [-0.15, -0.1) is 11.8 Å². The van der Waals surface area contributed by atoms with Gasteiger partial charge < -0.3 is 5.32 Å². The number of nitrogens with one attached hydrogen (secondary N) is 2. The number of hydrazone groups is 1. The third kappa shape index (κ3) is 4.32. The molecule has 0 bridgehead atoms. The van der Waals surface area contributed by atoms with Gasteiger partial charge in [0.25, 0.3) is 0 Å². The molecular formula is C15H19N3O2S. The molecule has 2 amide bonds. The summed E-state index contributed by atoms with van der Waals surface area (Å²) in [5.74, 6) is 0.876. The second-order valence-corrected chi connectivity index (χ2v) is 6.38. The molecule has 1 unspecified atom stereocenters. The molecule has 2 N–H and O–H groups in total. The summed E-state index contributed by atoms with van der Waals surface area (Å²) in [5, 5.41) is 6.88. The summed E-state index contributed by atoms with van der Waals surface area (Å²) in [6, 6.07) is 7.53. The van der Waals surface area contributed by atoms with Gasteiger partial charge >= 0.3 is 0 Å². The van der Waals surface area contributed by atoms with Crippen molar-refractivity contribution < 1.29 is 9.59 Å². The molecule has 1 atom stereocenters. The molecule has 1 aliphatic rings. The summed E-state index contributed by atoms with van der Waals surface area (Å²) >= 11 is 1.61. The van der Waals surface area contributed by atoms with E-state index in [1.165, 1.54) is 0 Å². The summed E-state index contributed by atoms with van der Waals surface area (Å²) < 4.78 is 0. The molecule has 0 fully saturated rings. The summed E-state index contributed by atoms with van der Waals surface area (Å²) in [7, 11) is 0. The average Bonchev–Trinajstić information content (AvgIpc) is 2.49. The van der Waals surface area contributed by atoms with E-state index in [1.54, 1.807) is 11.8 Å². The molecule has 5 nitrogen and oxygen atoms in total. The molecule has 0 spiro atoms. The van der Waals surface area contributed by atoms with E-state index in [0.29, 0.717) is 12.8 Å². The molecule has 1 aromatic rings. The Labute approximate surface area is 128 Å². The van der Waals surface area contributed by atoms with Crippen LogP contribution in [0.15, 0.2) is 29.4 Å². The van der Waals surface area contributed by atoms with E-state index in [-0.39, 0.29) is 17.1 Å². The second-order valence-electron chi connectivity index (χ2n) is 4.76. The number of hydrogen-bond acceptors (Lipinski definition) is 4. The number of carbonyl (C=O) groups is 2. The van der Waals surface area contributed by atoms with Gasteiger partial charge in [0.2, 0.25) is 11.8 Å². The minimum absolute atomic E-state index is 0.0110. The van der Waals surface area contributed by atoms with Crippen LogP contribution in [-0.2, 0) is 9.59 Å². The lowest BCUT2D eigenvalue weighted by molar-refractivity contribution is -0.121. The highest BCUT2D eigenvalue weighted by molar-refractivity contribution is 8.00. The molecule has 6 heteroatoms. The lowest BCUT2D eigenvalue weighted by Gasteiger charge is -2.13. The van der Waals surface area contributed by atoms with E-state index in [1.807, 2.05) is 38.1 Å². The molecule has 1 aromatic carbocycles. The maximum absolute atomic E-state index is 11.9. The van der Waals surface area contributed by atoms with E-state index in [4.69, 9.17) is 0 Å². The summed E-state index contributed by atoms with van der Waals surface area (Å²) in [5.41, 5.74) is 5.08. The van der Waals surface area contributed by atoms with Crippen LogP contribution >= 0.6 is 11.8 Å². The number of benzene rings is 1. The molecule has 1 aliphatic heterocycles. The Morgan fingerprint density at radius 2 is 2.10 bits per heavy atom. The number of thioether (sulfide) groups is 1. The van der Waals surface area contributed by atoms with Gasteiger partial charge in [0.05, 0.1) is 11.0 Å². The smallest absolute Gasteiger partial charge is 0.240 e. The van der Waals surface area contributed by atoms with E-state index >= 15 is 0 Å². The quantitative estimate of drug-likeness (QED) is 0.877. The number of rotatable bonds is 5. The molecule has 21 heavy (non-hydrogen) atoms. The molecule has 0 saturated heterocycles. The topological polar surface area (TPSA) is 70.6 Å².